The summed E-state index contributed by atoms with van der Waals surface area (Å²) in [5.41, 5.74) is 0. The number of nitrogens with one attached hydrogen (secondary N) is 2. The van der Waals surface area contributed by atoms with E-state index in [0.29, 0.717) is 6.42 Å². The van der Waals surface area contributed by atoms with E-state index in [0.717, 1.165) is 25.9 Å². The number of carboxylic acid groups (broad SMARTS) is 1. The van der Waals surface area contributed by atoms with Crippen LogP contribution in [0.5, 0.6) is 0 Å². The van der Waals surface area contributed by atoms with Gasteiger partial charge in [0.1, 0.15) is 12.1 Å². The minimum absolute atomic E-state index is 0.126. The van der Waals surface area contributed by atoms with Crippen molar-refractivity contribution in [3.8, 4) is 0 Å². The summed E-state index contributed by atoms with van der Waals surface area (Å²) in [5.74, 6) is -1.05. The number of likely N-dealkylation sites (tertiary alicyclic amines) is 1. The van der Waals surface area contributed by atoms with Crippen molar-refractivity contribution in [3.63, 3.8) is 0 Å². The van der Waals surface area contributed by atoms with E-state index in [1.54, 1.807) is 11.8 Å². The minimum Gasteiger partial charge on any atom is -0.480 e. The van der Waals surface area contributed by atoms with Gasteiger partial charge in [0.15, 0.2) is 0 Å². The fourth-order valence-corrected chi connectivity index (χ4v) is 2.36. The third kappa shape index (κ3) is 5.61. The fraction of sp³-hybridized carbons (Fsp3) is 0.786. The van der Waals surface area contributed by atoms with Crippen molar-refractivity contribution in [2.45, 2.75) is 52.1 Å². The second-order valence-corrected chi connectivity index (χ2v) is 5.89. The van der Waals surface area contributed by atoms with Gasteiger partial charge < -0.3 is 20.6 Å². The summed E-state index contributed by atoms with van der Waals surface area (Å²) in [5, 5.41) is 14.0. The van der Waals surface area contributed by atoms with Gasteiger partial charge in [0.05, 0.1) is 0 Å². The van der Waals surface area contributed by atoms with E-state index >= 15 is 0 Å². The molecule has 0 aromatic rings. The molecule has 7 nitrogen and oxygen atoms in total. The van der Waals surface area contributed by atoms with E-state index in [1.807, 2.05) is 13.8 Å². The van der Waals surface area contributed by atoms with Crippen LogP contribution in [0.3, 0.4) is 0 Å². The van der Waals surface area contributed by atoms with Gasteiger partial charge in [-0.25, -0.2) is 9.59 Å². The highest BCUT2D eigenvalue weighted by molar-refractivity contribution is 5.88. The van der Waals surface area contributed by atoms with Crippen LogP contribution < -0.4 is 10.6 Å². The van der Waals surface area contributed by atoms with Crippen LogP contribution >= 0.6 is 0 Å². The van der Waals surface area contributed by atoms with Gasteiger partial charge in [-0.2, -0.15) is 0 Å². The lowest BCUT2D eigenvalue weighted by atomic mass is 10.0. The average Bonchev–Trinajstić information content (AvgIpc) is 2.89. The largest absolute Gasteiger partial charge is 0.480 e. The van der Waals surface area contributed by atoms with Gasteiger partial charge in [0.2, 0.25) is 5.91 Å². The molecule has 1 fully saturated rings. The van der Waals surface area contributed by atoms with E-state index in [2.05, 4.69) is 10.6 Å². The van der Waals surface area contributed by atoms with Crippen LogP contribution in [0.4, 0.5) is 4.79 Å². The summed E-state index contributed by atoms with van der Waals surface area (Å²) in [6.45, 7) is 6.82. The Morgan fingerprint density at radius 2 is 1.67 bits per heavy atom. The summed E-state index contributed by atoms with van der Waals surface area (Å²) in [6.07, 6.45) is 2.32. The molecule has 0 aromatic carbocycles. The smallest absolute Gasteiger partial charge is 0.326 e. The summed E-state index contributed by atoms with van der Waals surface area (Å²) in [6, 6.07) is -2.22. The van der Waals surface area contributed by atoms with Crippen LogP contribution in [0, 0.1) is 5.92 Å². The normalized spacial score (nSPS) is 17.4. The SMILES string of the molecule is CC(C)C[C@@H](NC(=O)NC(C)C(=O)N1CCCC1)C(=O)O. The lowest BCUT2D eigenvalue weighted by Crippen LogP contribution is -2.52. The van der Waals surface area contributed by atoms with Crippen LogP contribution in [0.25, 0.3) is 0 Å². The van der Waals surface area contributed by atoms with E-state index in [-0.39, 0.29) is 11.8 Å². The van der Waals surface area contributed by atoms with Crippen LogP contribution in [0.2, 0.25) is 0 Å². The summed E-state index contributed by atoms with van der Waals surface area (Å²) >= 11 is 0. The third-order valence-corrected chi connectivity index (χ3v) is 3.45. The average molecular weight is 299 g/mol. The predicted octanol–water partition coefficient (Wildman–Crippen LogP) is 0.796. The van der Waals surface area contributed by atoms with Crippen LogP contribution in [-0.4, -0.2) is 53.1 Å². The molecule has 1 aliphatic rings. The number of rotatable bonds is 6. The van der Waals surface area contributed by atoms with Crippen molar-refractivity contribution in [1.29, 1.82) is 0 Å². The Kier molecular flexibility index (Phi) is 6.45. The first-order chi connectivity index (χ1) is 9.81. The van der Waals surface area contributed by atoms with Gasteiger partial charge in [-0.15, -0.1) is 0 Å². The number of amides is 3. The molecule has 0 radical (unpaired) electrons. The van der Waals surface area contributed by atoms with Gasteiger partial charge in [0.25, 0.3) is 0 Å². The molecule has 120 valence electrons. The maximum atomic E-state index is 12.0. The molecule has 3 N–H and O–H groups in total. The monoisotopic (exact) mass is 299 g/mol. The van der Waals surface area contributed by atoms with Gasteiger partial charge >= 0.3 is 12.0 Å². The highest BCUT2D eigenvalue weighted by Gasteiger charge is 2.26. The van der Waals surface area contributed by atoms with E-state index in [4.69, 9.17) is 5.11 Å². The number of aliphatic carboxylic acids is 1. The molecule has 21 heavy (non-hydrogen) atoms. The van der Waals surface area contributed by atoms with Gasteiger partial charge in [-0.05, 0) is 32.1 Å². The molecule has 3 amide bonds. The topological polar surface area (TPSA) is 98.7 Å². The predicted molar refractivity (Wildman–Crippen MR) is 77.8 cm³/mol. The van der Waals surface area contributed by atoms with Crippen LogP contribution in [0.1, 0.15) is 40.0 Å². The Balaban J connectivity index is 2.47. The third-order valence-electron chi connectivity index (χ3n) is 3.45. The second-order valence-electron chi connectivity index (χ2n) is 5.89. The number of hydrogen-bond acceptors (Lipinski definition) is 3. The van der Waals surface area contributed by atoms with Gasteiger partial charge in [-0.1, -0.05) is 13.8 Å². The molecule has 0 saturated carbocycles. The Labute approximate surface area is 125 Å². The zero-order valence-electron chi connectivity index (χ0n) is 12.9. The van der Waals surface area contributed by atoms with Gasteiger partial charge in [-0.3, -0.25) is 4.79 Å². The highest BCUT2D eigenvalue weighted by atomic mass is 16.4. The molecule has 1 aliphatic heterocycles. The zero-order chi connectivity index (χ0) is 16.0. The Bertz CT molecular complexity index is 392. The molecule has 0 aliphatic carbocycles. The molecular weight excluding hydrogens is 274 g/mol. The highest BCUT2D eigenvalue weighted by Crippen LogP contribution is 2.09. The number of carbonyl (C=O) groups is 3. The molecule has 1 saturated heterocycles. The van der Waals surface area contributed by atoms with E-state index < -0.39 is 24.1 Å². The Morgan fingerprint density at radius 3 is 2.14 bits per heavy atom. The van der Waals surface area contributed by atoms with Crippen molar-refractivity contribution in [1.82, 2.24) is 15.5 Å². The van der Waals surface area contributed by atoms with Crippen molar-refractivity contribution >= 4 is 17.9 Å². The summed E-state index contributed by atoms with van der Waals surface area (Å²) in [7, 11) is 0. The quantitative estimate of drug-likeness (QED) is 0.675. The molecule has 1 rings (SSSR count). The molecule has 1 heterocycles. The molecule has 0 aromatic heterocycles. The lowest BCUT2D eigenvalue weighted by molar-refractivity contribution is -0.139. The Hall–Kier alpha value is -1.79. The Morgan fingerprint density at radius 1 is 1.10 bits per heavy atom. The number of urea groups is 1. The molecular formula is C14H25N3O4. The maximum Gasteiger partial charge on any atom is 0.326 e. The first kappa shape index (κ1) is 17.3. The number of carbonyl (C=O) groups excluding carboxylic acids is 2. The van der Waals surface area contributed by atoms with E-state index in [9.17, 15) is 14.4 Å². The molecule has 1 unspecified atom stereocenters. The summed E-state index contributed by atoms with van der Waals surface area (Å²) in [4.78, 5) is 36.7. The van der Waals surface area contributed by atoms with Crippen LogP contribution in [-0.2, 0) is 9.59 Å². The molecule has 2 atom stereocenters. The standard InChI is InChI=1S/C14H25N3O4/c1-9(2)8-11(13(19)20)16-14(21)15-10(3)12(18)17-6-4-5-7-17/h9-11H,4-8H2,1-3H3,(H,19,20)(H2,15,16,21)/t10?,11-/m1/s1. The maximum absolute atomic E-state index is 12.0. The number of nitrogens with zero attached hydrogens (tertiary/aromatic N) is 1. The number of carboxylic acids is 1. The molecule has 0 bridgehead atoms. The second kappa shape index (κ2) is 7.85. The first-order valence-corrected chi connectivity index (χ1v) is 7.40. The van der Waals surface area contributed by atoms with Gasteiger partial charge in [0, 0.05) is 13.1 Å². The minimum atomic E-state index is -1.07. The van der Waals surface area contributed by atoms with Crippen molar-refractivity contribution in [2.75, 3.05) is 13.1 Å². The lowest BCUT2D eigenvalue weighted by Gasteiger charge is -2.22. The fourth-order valence-electron chi connectivity index (χ4n) is 2.36. The van der Waals surface area contributed by atoms with Crippen molar-refractivity contribution < 1.29 is 19.5 Å². The van der Waals surface area contributed by atoms with E-state index in [1.165, 1.54) is 0 Å². The number of hydrogen-bond donors (Lipinski definition) is 3. The summed E-state index contributed by atoms with van der Waals surface area (Å²) < 4.78 is 0. The zero-order valence-corrected chi connectivity index (χ0v) is 12.9. The van der Waals surface area contributed by atoms with Crippen LogP contribution in [0.15, 0.2) is 0 Å². The van der Waals surface area contributed by atoms with Crippen molar-refractivity contribution in [3.05, 3.63) is 0 Å². The first-order valence-electron chi connectivity index (χ1n) is 7.40. The molecule has 0 spiro atoms. The molecule has 7 heteroatoms. The van der Waals surface area contributed by atoms with Crippen molar-refractivity contribution in [2.24, 2.45) is 5.92 Å².